The van der Waals surface area contributed by atoms with Crippen LogP contribution in [0.4, 0.5) is 22.0 Å². The molecule has 1 aromatic rings. The van der Waals surface area contributed by atoms with Crippen molar-refractivity contribution in [2.24, 2.45) is 11.8 Å². The number of nitrogens with zero attached hydrogens (tertiary/aromatic N) is 2. The molecule has 0 radical (unpaired) electrons. The summed E-state index contributed by atoms with van der Waals surface area (Å²) in [6.45, 7) is -0.0688. The summed E-state index contributed by atoms with van der Waals surface area (Å²) >= 11 is 0. The van der Waals surface area contributed by atoms with Crippen LogP contribution in [0, 0.1) is 11.8 Å². The highest BCUT2D eigenvalue weighted by Gasteiger charge is 2.46. The van der Waals surface area contributed by atoms with E-state index < -0.39 is 35.7 Å². The van der Waals surface area contributed by atoms with Gasteiger partial charge in [0.1, 0.15) is 5.56 Å². The molecule has 4 nitrogen and oxygen atoms in total. The molecule has 23 heavy (non-hydrogen) atoms. The molecule has 3 rings (SSSR count). The molecule has 128 valence electrons. The molecule has 0 amide bonds. The molecule has 1 heterocycles. The van der Waals surface area contributed by atoms with Gasteiger partial charge in [0.2, 0.25) is 6.43 Å². The third-order valence-electron chi connectivity index (χ3n) is 4.49. The Morgan fingerprint density at radius 2 is 1.91 bits per heavy atom. The average Bonchev–Trinajstić information content (AvgIpc) is 3.12. The van der Waals surface area contributed by atoms with E-state index in [9.17, 15) is 31.9 Å². The molecule has 2 aliphatic carbocycles. The minimum atomic E-state index is -4.80. The Morgan fingerprint density at radius 3 is 2.35 bits per heavy atom. The van der Waals surface area contributed by atoms with Crippen LogP contribution in [0.1, 0.15) is 53.3 Å². The van der Waals surface area contributed by atoms with Crippen LogP contribution < -0.4 is 0 Å². The first-order valence-corrected chi connectivity index (χ1v) is 7.37. The molecular weight excluding hydrogens is 323 g/mol. The number of carbonyl (C=O) groups is 1. The first kappa shape index (κ1) is 16.2. The largest absolute Gasteiger partial charge is 0.477 e. The maximum Gasteiger partial charge on any atom is 0.420 e. The number of hydrogen-bond donors (Lipinski definition) is 1. The topological polar surface area (TPSA) is 55.1 Å². The van der Waals surface area contributed by atoms with Crippen LogP contribution in [0.2, 0.25) is 0 Å². The molecule has 0 saturated heterocycles. The van der Waals surface area contributed by atoms with Crippen molar-refractivity contribution < 1.29 is 31.9 Å². The molecule has 1 aromatic heterocycles. The first-order valence-electron chi connectivity index (χ1n) is 7.37. The quantitative estimate of drug-likeness (QED) is 0.832. The van der Waals surface area contributed by atoms with Crippen LogP contribution in [0.5, 0.6) is 0 Å². The lowest BCUT2D eigenvalue weighted by molar-refractivity contribution is -0.138. The van der Waals surface area contributed by atoms with Crippen molar-refractivity contribution in [3.05, 3.63) is 17.0 Å². The number of rotatable bonds is 5. The molecule has 0 atom stereocenters. The van der Waals surface area contributed by atoms with E-state index >= 15 is 0 Å². The van der Waals surface area contributed by atoms with Crippen molar-refractivity contribution in [2.45, 2.75) is 50.7 Å². The van der Waals surface area contributed by atoms with Gasteiger partial charge < -0.3 is 5.11 Å². The minimum Gasteiger partial charge on any atom is -0.477 e. The lowest BCUT2D eigenvalue weighted by Gasteiger charge is -2.34. The van der Waals surface area contributed by atoms with Crippen LogP contribution in [0.3, 0.4) is 0 Å². The third kappa shape index (κ3) is 3.05. The Bertz CT molecular complexity index is 615. The summed E-state index contributed by atoms with van der Waals surface area (Å²) in [4.78, 5) is 11.3. The van der Waals surface area contributed by atoms with E-state index in [4.69, 9.17) is 0 Å². The summed E-state index contributed by atoms with van der Waals surface area (Å²) in [5.41, 5.74) is -2.28. The van der Waals surface area contributed by atoms with E-state index in [0.717, 1.165) is 4.68 Å². The molecule has 9 heteroatoms. The summed E-state index contributed by atoms with van der Waals surface area (Å²) in [7, 11) is 0. The second-order valence-electron chi connectivity index (χ2n) is 6.30. The van der Waals surface area contributed by atoms with Crippen LogP contribution in [-0.2, 0) is 12.7 Å². The van der Waals surface area contributed by atoms with E-state index in [1.807, 2.05) is 0 Å². The number of carboxylic acid groups (broad SMARTS) is 1. The lowest BCUT2D eigenvalue weighted by Crippen LogP contribution is -2.33. The highest BCUT2D eigenvalue weighted by Crippen LogP contribution is 2.47. The van der Waals surface area contributed by atoms with Gasteiger partial charge in [-0.15, -0.1) is 0 Å². The van der Waals surface area contributed by atoms with Crippen molar-refractivity contribution in [3.63, 3.8) is 0 Å². The predicted octanol–water partition coefficient (Wildman–Crippen LogP) is 3.77. The van der Waals surface area contributed by atoms with Gasteiger partial charge >= 0.3 is 12.1 Å². The van der Waals surface area contributed by atoms with Crippen molar-refractivity contribution in [1.29, 1.82) is 0 Å². The summed E-state index contributed by atoms with van der Waals surface area (Å²) in [5, 5.41) is 13.1. The number of alkyl halides is 5. The minimum absolute atomic E-state index is 0.0688. The number of aromatic carboxylic acids is 1. The van der Waals surface area contributed by atoms with Gasteiger partial charge in [-0.3, -0.25) is 4.68 Å². The standard InChI is InChI=1S/C14H15F5N2O2/c15-12(16)8-3-6(4-8)5-21-11(13(22)23)9(14(17,18)19)10(20-21)7-1-2-7/h6-8,12H,1-5H2,(H,22,23). The molecular formula is C14H15F5N2O2. The molecule has 2 saturated carbocycles. The van der Waals surface area contributed by atoms with Crippen molar-refractivity contribution >= 4 is 5.97 Å². The zero-order valence-electron chi connectivity index (χ0n) is 12.0. The second kappa shape index (κ2) is 5.45. The highest BCUT2D eigenvalue weighted by atomic mass is 19.4. The SMILES string of the molecule is O=C(O)c1c(C(F)(F)F)c(C2CC2)nn1CC1CC(C(F)F)C1. The van der Waals surface area contributed by atoms with Gasteiger partial charge in [-0.1, -0.05) is 0 Å². The summed E-state index contributed by atoms with van der Waals surface area (Å²) in [6, 6.07) is 0. The van der Waals surface area contributed by atoms with Gasteiger partial charge in [-0.05, 0) is 31.6 Å². The van der Waals surface area contributed by atoms with Crippen LogP contribution in [-0.4, -0.2) is 27.3 Å². The molecule has 0 aliphatic heterocycles. The summed E-state index contributed by atoms with van der Waals surface area (Å²) in [5.74, 6) is -3.07. The highest BCUT2D eigenvalue weighted by molar-refractivity contribution is 5.88. The number of aromatic nitrogens is 2. The van der Waals surface area contributed by atoms with Crippen LogP contribution in [0.15, 0.2) is 0 Å². The van der Waals surface area contributed by atoms with Gasteiger partial charge in [-0.25, -0.2) is 13.6 Å². The van der Waals surface area contributed by atoms with Gasteiger partial charge in [0.25, 0.3) is 0 Å². The van der Waals surface area contributed by atoms with Crippen molar-refractivity contribution in [2.75, 3.05) is 0 Å². The number of halogens is 5. The Morgan fingerprint density at radius 1 is 1.30 bits per heavy atom. The number of hydrogen-bond acceptors (Lipinski definition) is 2. The van der Waals surface area contributed by atoms with Gasteiger partial charge in [0, 0.05) is 18.4 Å². The molecule has 2 aliphatic rings. The molecule has 0 spiro atoms. The second-order valence-corrected chi connectivity index (χ2v) is 6.30. The molecule has 0 unspecified atom stereocenters. The van der Waals surface area contributed by atoms with E-state index in [0.29, 0.717) is 12.8 Å². The van der Waals surface area contributed by atoms with E-state index in [1.165, 1.54) is 0 Å². The Kier molecular flexibility index (Phi) is 3.84. The number of carboxylic acids is 1. The molecule has 2 fully saturated rings. The monoisotopic (exact) mass is 338 g/mol. The predicted molar refractivity (Wildman–Crippen MR) is 68.4 cm³/mol. The maximum atomic E-state index is 13.3. The Labute approximate surface area is 128 Å². The maximum absolute atomic E-state index is 13.3. The fourth-order valence-electron chi connectivity index (χ4n) is 3.14. The summed E-state index contributed by atoms with van der Waals surface area (Å²) in [6.07, 6.45) is -5.79. The lowest BCUT2D eigenvalue weighted by atomic mass is 9.75. The normalized spacial score (nSPS) is 24.8. The van der Waals surface area contributed by atoms with Crippen LogP contribution in [0.25, 0.3) is 0 Å². The molecule has 0 aromatic carbocycles. The van der Waals surface area contributed by atoms with E-state index in [2.05, 4.69) is 5.10 Å². The zero-order valence-corrected chi connectivity index (χ0v) is 12.0. The Balaban J connectivity index is 1.89. The van der Waals surface area contributed by atoms with Crippen LogP contribution >= 0.6 is 0 Å². The van der Waals surface area contributed by atoms with Crippen molar-refractivity contribution in [1.82, 2.24) is 9.78 Å². The fraction of sp³-hybridized carbons (Fsp3) is 0.714. The molecule has 1 N–H and O–H groups in total. The third-order valence-corrected chi connectivity index (χ3v) is 4.49. The zero-order chi connectivity index (χ0) is 16.9. The van der Waals surface area contributed by atoms with Crippen molar-refractivity contribution in [3.8, 4) is 0 Å². The van der Waals surface area contributed by atoms with Gasteiger partial charge in [0.15, 0.2) is 5.69 Å². The Hall–Kier alpha value is -1.67. The van der Waals surface area contributed by atoms with Gasteiger partial charge in [-0.2, -0.15) is 18.3 Å². The van der Waals surface area contributed by atoms with E-state index in [-0.39, 0.29) is 36.9 Å². The smallest absolute Gasteiger partial charge is 0.420 e. The summed E-state index contributed by atoms with van der Waals surface area (Å²) < 4.78 is 65.6. The average molecular weight is 338 g/mol. The first-order chi connectivity index (χ1) is 10.7. The van der Waals surface area contributed by atoms with E-state index in [1.54, 1.807) is 0 Å². The molecule has 0 bridgehead atoms. The van der Waals surface area contributed by atoms with Gasteiger partial charge in [0.05, 0.1) is 5.69 Å². The fourth-order valence-corrected chi connectivity index (χ4v) is 3.14.